The fourth-order valence-corrected chi connectivity index (χ4v) is 7.91. The Bertz CT molecular complexity index is 2090. The normalized spacial score (nSPS) is 13.2. The van der Waals surface area contributed by atoms with Crippen LogP contribution in [-0.4, -0.2) is 40.4 Å². The molecule has 0 radical (unpaired) electrons. The minimum Gasteiger partial charge on any atom is -0.283 e. The second kappa shape index (κ2) is 10.4. The van der Waals surface area contributed by atoms with Crippen LogP contribution in [0.3, 0.4) is 0 Å². The molecule has 0 saturated heterocycles. The summed E-state index contributed by atoms with van der Waals surface area (Å²) in [7, 11) is -1.26. The summed E-state index contributed by atoms with van der Waals surface area (Å²) >= 11 is 1.51. The van der Waals surface area contributed by atoms with Gasteiger partial charge in [0.05, 0.1) is 21.7 Å². The Balaban J connectivity index is 1.31. The van der Waals surface area contributed by atoms with Gasteiger partial charge in [-0.3, -0.25) is 28.8 Å². The molecule has 1 N–H and O–H groups in total. The summed E-state index contributed by atoms with van der Waals surface area (Å²) < 4.78 is 32.4. The number of benzene rings is 2. The number of nitrogens with one attached hydrogen (secondary N) is 1. The highest BCUT2D eigenvalue weighted by Gasteiger charge is 2.29. The summed E-state index contributed by atoms with van der Waals surface area (Å²) in [5.41, 5.74) is 3.72. The van der Waals surface area contributed by atoms with Crippen molar-refractivity contribution in [2.24, 2.45) is 7.05 Å². The lowest BCUT2D eigenvalue weighted by Crippen LogP contribution is -2.34. The molecule has 2 aromatic carbocycles. The number of fused-ring (bicyclic) bond motifs is 3. The molecule has 216 valence electrons. The van der Waals surface area contributed by atoms with Crippen LogP contribution in [-0.2, 0) is 29.9 Å². The minimum absolute atomic E-state index is 0.0127. The number of aromatic nitrogens is 4. The van der Waals surface area contributed by atoms with E-state index in [1.54, 1.807) is 42.9 Å². The number of hydrogen-bond donors (Lipinski definition) is 1. The van der Waals surface area contributed by atoms with Crippen LogP contribution in [0.1, 0.15) is 39.3 Å². The molecular formula is C29H28N6O5S2. The minimum atomic E-state index is -4.24. The first kappa shape index (κ1) is 27.7. The monoisotopic (exact) mass is 604 g/mol. The van der Waals surface area contributed by atoms with Gasteiger partial charge in [-0.2, -0.15) is 0 Å². The van der Waals surface area contributed by atoms with E-state index >= 15 is 0 Å². The molecule has 3 heterocycles. The van der Waals surface area contributed by atoms with E-state index in [9.17, 15) is 22.8 Å². The SMILES string of the molecule is Cc1c(N(C)S(=O)(=O)c2cccc(C(=O)Nn3cnc4sc5c(c4c3=O)CCCC5)c2)c(=O)n(-c2ccccc2)n1C. The molecule has 1 amide bonds. The van der Waals surface area contributed by atoms with Gasteiger partial charge in [0.15, 0.2) is 0 Å². The van der Waals surface area contributed by atoms with Crippen LogP contribution in [0.2, 0.25) is 0 Å². The largest absolute Gasteiger partial charge is 0.296 e. The Kier molecular flexibility index (Phi) is 6.86. The van der Waals surface area contributed by atoms with Crippen LogP contribution in [0.25, 0.3) is 15.9 Å². The number of para-hydroxylation sites is 1. The molecule has 0 aliphatic heterocycles. The molecule has 3 aromatic heterocycles. The smallest absolute Gasteiger partial charge is 0.283 e. The van der Waals surface area contributed by atoms with Gasteiger partial charge in [0, 0.05) is 24.5 Å². The zero-order chi connectivity index (χ0) is 29.8. The number of anilines is 1. The first-order chi connectivity index (χ1) is 20.1. The molecule has 11 nitrogen and oxygen atoms in total. The first-order valence-electron chi connectivity index (χ1n) is 13.4. The van der Waals surface area contributed by atoms with Crippen molar-refractivity contribution in [2.45, 2.75) is 37.5 Å². The van der Waals surface area contributed by atoms with Gasteiger partial charge in [0.25, 0.3) is 27.0 Å². The van der Waals surface area contributed by atoms with Crippen LogP contribution < -0.4 is 20.8 Å². The fraction of sp³-hybridized carbons (Fsp3) is 0.241. The van der Waals surface area contributed by atoms with Crippen LogP contribution in [0, 0.1) is 6.92 Å². The van der Waals surface area contributed by atoms with Crippen molar-refractivity contribution in [3.8, 4) is 5.69 Å². The van der Waals surface area contributed by atoms with E-state index in [4.69, 9.17) is 0 Å². The molecule has 0 unspecified atom stereocenters. The Labute approximate surface area is 245 Å². The molecule has 1 aliphatic rings. The number of thiophene rings is 1. The van der Waals surface area contributed by atoms with Gasteiger partial charge < -0.3 is 0 Å². The molecule has 0 saturated carbocycles. The molecule has 5 aromatic rings. The van der Waals surface area contributed by atoms with Gasteiger partial charge in [0.2, 0.25) is 0 Å². The lowest BCUT2D eigenvalue weighted by Gasteiger charge is -2.18. The summed E-state index contributed by atoms with van der Waals surface area (Å²) in [6.07, 6.45) is 5.06. The van der Waals surface area contributed by atoms with Crippen molar-refractivity contribution in [2.75, 3.05) is 16.8 Å². The Morgan fingerprint density at radius 2 is 1.76 bits per heavy atom. The van der Waals surface area contributed by atoms with Gasteiger partial charge in [0.1, 0.15) is 16.8 Å². The molecular weight excluding hydrogens is 576 g/mol. The molecule has 0 fully saturated rings. The number of sulfonamides is 1. The lowest BCUT2D eigenvalue weighted by atomic mass is 9.97. The van der Waals surface area contributed by atoms with Crippen molar-refractivity contribution in [3.63, 3.8) is 0 Å². The van der Waals surface area contributed by atoms with E-state index in [1.165, 1.54) is 53.7 Å². The van der Waals surface area contributed by atoms with Crippen molar-refractivity contribution in [3.05, 3.63) is 103 Å². The summed E-state index contributed by atoms with van der Waals surface area (Å²) in [6.45, 7) is 1.67. The fourth-order valence-electron chi connectivity index (χ4n) is 5.39. The van der Waals surface area contributed by atoms with Crippen LogP contribution in [0.5, 0.6) is 0 Å². The van der Waals surface area contributed by atoms with Crippen LogP contribution >= 0.6 is 11.3 Å². The number of carbonyl (C=O) groups is 1. The maximum atomic E-state index is 13.7. The number of aryl methyl sites for hydroxylation is 2. The van der Waals surface area contributed by atoms with Crippen LogP contribution in [0.4, 0.5) is 5.69 Å². The maximum absolute atomic E-state index is 13.7. The standard InChI is InChI=1S/C29H28N6O5S2/c1-18-25(29(38)35(32(18)2)20-11-5-4-6-12-20)33(3)42(39,40)21-13-9-10-19(16-21)26(36)31-34-17-30-27-24(28(34)37)22-14-7-8-15-23(22)41-27/h4-6,9-13,16-17H,7-8,14-15H2,1-3H3,(H,31,36). The number of hydrogen-bond acceptors (Lipinski definition) is 7. The quantitative estimate of drug-likeness (QED) is 0.317. The third kappa shape index (κ3) is 4.45. The molecule has 0 spiro atoms. The van der Waals surface area contributed by atoms with E-state index < -0.39 is 21.5 Å². The van der Waals surface area contributed by atoms with Crippen molar-refractivity contribution in [1.29, 1.82) is 0 Å². The van der Waals surface area contributed by atoms with E-state index in [2.05, 4.69) is 10.4 Å². The van der Waals surface area contributed by atoms with E-state index in [0.29, 0.717) is 21.6 Å². The Morgan fingerprint density at radius 3 is 2.52 bits per heavy atom. The third-order valence-corrected chi connectivity index (χ3v) is 10.6. The van der Waals surface area contributed by atoms with E-state index in [1.807, 2.05) is 6.07 Å². The maximum Gasteiger partial charge on any atom is 0.296 e. The highest BCUT2D eigenvalue weighted by atomic mass is 32.2. The predicted molar refractivity (Wildman–Crippen MR) is 162 cm³/mol. The van der Waals surface area contributed by atoms with Gasteiger partial charge in [-0.25, -0.2) is 22.8 Å². The Morgan fingerprint density at radius 1 is 1.02 bits per heavy atom. The second-order valence-corrected chi connectivity index (χ2v) is 13.2. The van der Waals surface area contributed by atoms with Crippen LogP contribution in [0.15, 0.2) is 75.4 Å². The van der Waals surface area contributed by atoms with Gasteiger partial charge in [-0.15, -0.1) is 11.3 Å². The number of carbonyl (C=O) groups excluding carboxylic acids is 1. The van der Waals surface area contributed by atoms with Gasteiger partial charge >= 0.3 is 0 Å². The average Bonchev–Trinajstić information content (AvgIpc) is 3.48. The predicted octanol–water partition coefficient (Wildman–Crippen LogP) is 3.34. The third-order valence-electron chi connectivity index (χ3n) is 7.69. The average molecular weight is 605 g/mol. The second-order valence-electron chi connectivity index (χ2n) is 10.2. The molecule has 0 atom stereocenters. The molecule has 0 bridgehead atoms. The first-order valence-corrected chi connectivity index (χ1v) is 15.6. The zero-order valence-corrected chi connectivity index (χ0v) is 24.8. The molecule has 6 rings (SSSR count). The highest BCUT2D eigenvalue weighted by molar-refractivity contribution is 7.92. The van der Waals surface area contributed by atoms with Gasteiger partial charge in [-0.1, -0.05) is 24.3 Å². The van der Waals surface area contributed by atoms with Crippen molar-refractivity contribution < 1.29 is 13.2 Å². The topological polar surface area (TPSA) is 128 Å². The zero-order valence-electron chi connectivity index (χ0n) is 23.2. The van der Waals surface area contributed by atoms with Gasteiger partial charge in [-0.05, 0) is 68.5 Å². The van der Waals surface area contributed by atoms with Crippen molar-refractivity contribution >= 4 is 43.2 Å². The summed E-state index contributed by atoms with van der Waals surface area (Å²) in [6, 6.07) is 14.4. The molecule has 1 aliphatic carbocycles. The van der Waals surface area contributed by atoms with E-state index in [0.717, 1.165) is 45.1 Å². The van der Waals surface area contributed by atoms with Crippen molar-refractivity contribution in [1.82, 2.24) is 19.0 Å². The summed E-state index contributed by atoms with van der Waals surface area (Å²) in [5, 5.41) is 0.523. The molecule has 42 heavy (non-hydrogen) atoms. The number of nitrogens with zero attached hydrogens (tertiary/aromatic N) is 5. The number of amides is 1. The summed E-state index contributed by atoms with van der Waals surface area (Å²) in [4.78, 5) is 45.9. The van der Waals surface area contributed by atoms with E-state index in [-0.39, 0.29) is 21.7 Å². The highest BCUT2D eigenvalue weighted by Crippen LogP contribution is 2.33. The lowest BCUT2D eigenvalue weighted by molar-refractivity contribution is 0.101. The summed E-state index contributed by atoms with van der Waals surface area (Å²) in [5.74, 6) is -0.677. The Hall–Kier alpha value is -4.49. The number of rotatable bonds is 6. The molecule has 13 heteroatoms.